The van der Waals surface area contributed by atoms with E-state index in [1.54, 1.807) is 6.20 Å². The molecule has 0 aliphatic heterocycles. The largest absolute Gasteiger partial charge is 0.300 e. The average molecular weight is 297 g/mol. The summed E-state index contributed by atoms with van der Waals surface area (Å²) in [6.45, 7) is 3.80. The van der Waals surface area contributed by atoms with Crippen molar-refractivity contribution in [3.05, 3.63) is 85.5 Å². The van der Waals surface area contributed by atoms with E-state index in [9.17, 15) is 0 Å². The van der Waals surface area contributed by atoms with Gasteiger partial charge in [-0.25, -0.2) is 4.98 Å². The number of hydrogen-bond donors (Lipinski definition) is 0. The van der Waals surface area contributed by atoms with Crippen molar-refractivity contribution in [1.29, 1.82) is 0 Å². The SMILES string of the molecule is C=Cc1ccn2c(-c3cccc(-c4cccnc4)c3)cnc2c1. The average Bonchev–Trinajstić information content (AvgIpc) is 3.05. The van der Waals surface area contributed by atoms with Gasteiger partial charge in [0.2, 0.25) is 0 Å². The number of rotatable bonds is 3. The molecule has 0 aliphatic carbocycles. The molecule has 23 heavy (non-hydrogen) atoms. The van der Waals surface area contributed by atoms with Gasteiger partial charge in [-0.1, -0.05) is 36.9 Å². The van der Waals surface area contributed by atoms with Gasteiger partial charge < -0.3 is 0 Å². The van der Waals surface area contributed by atoms with Gasteiger partial charge in [0.05, 0.1) is 11.9 Å². The zero-order valence-corrected chi connectivity index (χ0v) is 12.6. The molecule has 3 heteroatoms. The van der Waals surface area contributed by atoms with Crippen molar-refractivity contribution in [2.45, 2.75) is 0 Å². The minimum absolute atomic E-state index is 0.921. The first kappa shape index (κ1) is 13.5. The van der Waals surface area contributed by atoms with E-state index in [4.69, 9.17) is 0 Å². The Kier molecular flexibility index (Phi) is 3.24. The summed E-state index contributed by atoms with van der Waals surface area (Å²) in [7, 11) is 0. The maximum atomic E-state index is 4.51. The topological polar surface area (TPSA) is 30.2 Å². The van der Waals surface area contributed by atoms with E-state index >= 15 is 0 Å². The zero-order valence-electron chi connectivity index (χ0n) is 12.6. The maximum absolute atomic E-state index is 4.51. The summed E-state index contributed by atoms with van der Waals surface area (Å²) in [5.74, 6) is 0. The Balaban J connectivity index is 1.84. The molecule has 1 aromatic carbocycles. The molecule has 0 N–H and O–H groups in total. The van der Waals surface area contributed by atoms with Gasteiger partial charge in [0.25, 0.3) is 0 Å². The Morgan fingerprint density at radius 1 is 0.913 bits per heavy atom. The highest BCUT2D eigenvalue weighted by Crippen LogP contribution is 2.26. The number of pyridine rings is 2. The van der Waals surface area contributed by atoms with E-state index in [1.807, 2.05) is 42.9 Å². The van der Waals surface area contributed by atoms with Crippen LogP contribution in [0.1, 0.15) is 5.56 Å². The third kappa shape index (κ3) is 2.42. The highest BCUT2D eigenvalue weighted by atomic mass is 15.0. The monoisotopic (exact) mass is 297 g/mol. The number of imidazole rings is 1. The number of aromatic nitrogens is 3. The molecule has 3 nitrogen and oxygen atoms in total. The van der Waals surface area contributed by atoms with Crippen molar-refractivity contribution in [3.8, 4) is 22.4 Å². The van der Waals surface area contributed by atoms with Gasteiger partial charge in [-0.2, -0.15) is 0 Å². The molecule has 0 aliphatic rings. The van der Waals surface area contributed by atoms with Gasteiger partial charge in [-0.15, -0.1) is 0 Å². The van der Waals surface area contributed by atoms with Crippen molar-refractivity contribution in [3.63, 3.8) is 0 Å². The number of benzene rings is 1. The molecule has 110 valence electrons. The summed E-state index contributed by atoms with van der Waals surface area (Å²) in [6, 6.07) is 16.5. The van der Waals surface area contributed by atoms with Crippen molar-refractivity contribution < 1.29 is 0 Å². The van der Waals surface area contributed by atoms with E-state index in [0.29, 0.717) is 0 Å². The second-order valence-electron chi connectivity index (χ2n) is 5.36. The molecule has 3 aromatic heterocycles. The molecular formula is C20H15N3. The van der Waals surface area contributed by atoms with Crippen LogP contribution in [0, 0.1) is 0 Å². The van der Waals surface area contributed by atoms with Crippen LogP contribution >= 0.6 is 0 Å². The second kappa shape index (κ2) is 5.54. The Bertz CT molecular complexity index is 984. The molecule has 3 heterocycles. The molecule has 0 saturated heterocycles. The van der Waals surface area contributed by atoms with Gasteiger partial charge in [0.15, 0.2) is 0 Å². The lowest BCUT2D eigenvalue weighted by atomic mass is 10.0. The molecule has 4 aromatic rings. The molecule has 0 saturated carbocycles. The summed E-state index contributed by atoms with van der Waals surface area (Å²) in [5, 5.41) is 0. The summed E-state index contributed by atoms with van der Waals surface area (Å²) in [6.07, 6.45) is 9.44. The summed E-state index contributed by atoms with van der Waals surface area (Å²) >= 11 is 0. The van der Waals surface area contributed by atoms with Crippen molar-refractivity contribution in [2.24, 2.45) is 0 Å². The molecule has 0 fully saturated rings. The normalized spacial score (nSPS) is 10.8. The lowest BCUT2D eigenvalue weighted by Crippen LogP contribution is -1.89. The van der Waals surface area contributed by atoms with Crippen LogP contribution in [0.25, 0.3) is 34.1 Å². The van der Waals surface area contributed by atoms with Crippen molar-refractivity contribution >= 4 is 11.7 Å². The van der Waals surface area contributed by atoms with Gasteiger partial charge >= 0.3 is 0 Å². The first-order valence-electron chi connectivity index (χ1n) is 7.45. The number of nitrogens with zero attached hydrogens (tertiary/aromatic N) is 3. The smallest absolute Gasteiger partial charge is 0.137 e. The Labute approximate surface area is 134 Å². The summed E-state index contributed by atoms with van der Waals surface area (Å²) < 4.78 is 2.09. The molecule has 0 amide bonds. The first-order chi connectivity index (χ1) is 11.3. The molecule has 0 bridgehead atoms. The Hall–Kier alpha value is -3.20. The van der Waals surface area contributed by atoms with Crippen LogP contribution in [-0.4, -0.2) is 14.4 Å². The van der Waals surface area contributed by atoms with Crippen LogP contribution in [0.5, 0.6) is 0 Å². The van der Waals surface area contributed by atoms with Crippen LogP contribution in [0.15, 0.2) is 79.9 Å². The summed E-state index contributed by atoms with van der Waals surface area (Å²) in [4.78, 5) is 8.70. The lowest BCUT2D eigenvalue weighted by molar-refractivity contribution is 1.19. The van der Waals surface area contributed by atoms with Gasteiger partial charge in [0.1, 0.15) is 5.65 Å². The molecule has 4 rings (SSSR count). The minimum Gasteiger partial charge on any atom is -0.300 e. The van der Waals surface area contributed by atoms with E-state index in [1.165, 1.54) is 0 Å². The standard InChI is InChI=1S/C20H15N3/c1-2-15-8-10-23-19(14-22-20(23)11-15)17-6-3-5-16(12-17)18-7-4-9-21-13-18/h2-14H,1H2. The molecule has 0 atom stereocenters. The van der Waals surface area contributed by atoms with E-state index in [-0.39, 0.29) is 0 Å². The fourth-order valence-electron chi connectivity index (χ4n) is 2.73. The second-order valence-corrected chi connectivity index (χ2v) is 5.36. The minimum atomic E-state index is 0.921. The van der Waals surface area contributed by atoms with Crippen LogP contribution < -0.4 is 0 Å². The summed E-state index contributed by atoms with van der Waals surface area (Å²) in [5.41, 5.74) is 6.44. The molecule has 0 unspecified atom stereocenters. The van der Waals surface area contributed by atoms with Crippen LogP contribution in [-0.2, 0) is 0 Å². The third-order valence-corrected chi connectivity index (χ3v) is 3.93. The predicted molar refractivity (Wildman–Crippen MR) is 94.0 cm³/mol. The fraction of sp³-hybridized carbons (Fsp3) is 0. The molecule has 0 spiro atoms. The van der Waals surface area contributed by atoms with Gasteiger partial charge in [-0.3, -0.25) is 9.38 Å². The van der Waals surface area contributed by atoms with E-state index < -0.39 is 0 Å². The predicted octanol–water partition coefficient (Wildman–Crippen LogP) is 4.71. The highest BCUT2D eigenvalue weighted by Gasteiger charge is 2.07. The van der Waals surface area contributed by atoms with E-state index in [2.05, 4.69) is 51.3 Å². The molecular weight excluding hydrogens is 282 g/mol. The number of hydrogen-bond acceptors (Lipinski definition) is 2. The van der Waals surface area contributed by atoms with Gasteiger partial charge in [-0.05, 0) is 35.4 Å². The third-order valence-electron chi connectivity index (χ3n) is 3.93. The Morgan fingerprint density at radius 3 is 2.61 bits per heavy atom. The maximum Gasteiger partial charge on any atom is 0.137 e. The van der Waals surface area contributed by atoms with Crippen LogP contribution in [0.2, 0.25) is 0 Å². The molecule has 0 radical (unpaired) electrons. The number of fused-ring (bicyclic) bond motifs is 1. The first-order valence-corrected chi connectivity index (χ1v) is 7.45. The van der Waals surface area contributed by atoms with Crippen LogP contribution in [0.4, 0.5) is 0 Å². The zero-order chi connectivity index (χ0) is 15.6. The van der Waals surface area contributed by atoms with Gasteiger partial charge in [0, 0.05) is 29.7 Å². The fourth-order valence-corrected chi connectivity index (χ4v) is 2.73. The highest BCUT2D eigenvalue weighted by molar-refractivity contribution is 5.72. The van der Waals surface area contributed by atoms with E-state index in [0.717, 1.165) is 33.6 Å². The van der Waals surface area contributed by atoms with Crippen molar-refractivity contribution in [2.75, 3.05) is 0 Å². The Morgan fingerprint density at radius 2 is 1.78 bits per heavy atom. The van der Waals surface area contributed by atoms with Crippen molar-refractivity contribution in [1.82, 2.24) is 14.4 Å². The lowest BCUT2D eigenvalue weighted by Gasteiger charge is -2.06. The van der Waals surface area contributed by atoms with Crippen LogP contribution in [0.3, 0.4) is 0 Å². The quantitative estimate of drug-likeness (QED) is 0.548.